The molecule has 0 bridgehead atoms. The van der Waals surface area contributed by atoms with Gasteiger partial charge in [0.25, 0.3) is 0 Å². The fraction of sp³-hybridized carbons (Fsp3) is 0.647. The Morgan fingerprint density at radius 1 is 1.36 bits per heavy atom. The molecular formula is C17H25N3O2. The molecule has 1 aliphatic heterocycles. The van der Waals surface area contributed by atoms with Crippen molar-refractivity contribution in [3.63, 3.8) is 0 Å². The summed E-state index contributed by atoms with van der Waals surface area (Å²) >= 11 is 0. The highest BCUT2D eigenvalue weighted by Crippen LogP contribution is 2.26. The fourth-order valence-electron chi connectivity index (χ4n) is 3.05. The van der Waals surface area contributed by atoms with Crippen molar-refractivity contribution in [3.8, 4) is 0 Å². The molecule has 1 aliphatic rings. The lowest BCUT2D eigenvalue weighted by Crippen LogP contribution is -2.38. The summed E-state index contributed by atoms with van der Waals surface area (Å²) in [5.74, 6) is -0.367. The number of carbonyl (C=O) groups is 2. The number of ketones is 2. The number of rotatable bonds is 8. The van der Waals surface area contributed by atoms with Gasteiger partial charge < -0.3 is 5.32 Å². The number of Topliss-reactive ketones (excluding diaryl/α,β-unsaturated/α-hetero) is 2. The van der Waals surface area contributed by atoms with Gasteiger partial charge in [-0.15, -0.1) is 0 Å². The molecule has 1 fully saturated rings. The minimum atomic E-state index is -0.235. The Morgan fingerprint density at radius 3 is 2.77 bits per heavy atom. The molecule has 5 heteroatoms. The molecule has 120 valence electrons. The maximum Gasteiger partial charge on any atom is 0.202 e. The first-order valence-electron chi connectivity index (χ1n) is 8.25. The Hall–Kier alpha value is -1.62. The molecule has 0 radical (unpaired) electrons. The van der Waals surface area contributed by atoms with Crippen molar-refractivity contribution < 1.29 is 9.59 Å². The van der Waals surface area contributed by atoms with Crippen molar-refractivity contribution in [2.24, 2.45) is 11.8 Å². The molecule has 2 heterocycles. The van der Waals surface area contributed by atoms with Crippen LogP contribution in [0.4, 0.5) is 0 Å². The third-order valence-electron chi connectivity index (χ3n) is 4.39. The van der Waals surface area contributed by atoms with Gasteiger partial charge in [-0.2, -0.15) is 0 Å². The lowest BCUT2D eigenvalue weighted by Gasteiger charge is -2.29. The predicted octanol–water partition coefficient (Wildman–Crippen LogP) is 1.96. The van der Waals surface area contributed by atoms with Gasteiger partial charge in [0.15, 0.2) is 5.78 Å². The summed E-state index contributed by atoms with van der Waals surface area (Å²) in [5.41, 5.74) is 0.843. The number of piperidine rings is 1. The molecule has 0 saturated carbocycles. The number of nitrogens with zero attached hydrogens (tertiary/aromatic N) is 2. The Labute approximate surface area is 131 Å². The first-order valence-corrected chi connectivity index (χ1v) is 8.25. The summed E-state index contributed by atoms with van der Waals surface area (Å²) in [6, 6.07) is 1.83. The van der Waals surface area contributed by atoms with E-state index in [1.165, 1.54) is 6.33 Å². The first-order chi connectivity index (χ1) is 10.7. The third kappa shape index (κ3) is 4.70. The maximum absolute atomic E-state index is 12.6. The molecule has 0 amide bonds. The standard InChI is InChI=1S/C17H25N3O2/c1-2-3-4-16(21)17(22)15(13-5-8-18-9-6-13)11-14-7-10-19-12-20-14/h7,10,12-13,15,18H,2-6,8-9,11H2,1H3. The van der Waals surface area contributed by atoms with Gasteiger partial charge in [-0.25, -0.2) is 9.97 Å². The summed E-state index contributed by atoms with van der Waals surface area (Å²) in [6.07, 6.45) is 7.72. The quantitative estimate of drug-likeness (QED) is 0.743. The molecule has 2 rings (SSSR count). The summed E-state index contributed by atoms with van der Waals surface area (Å²) < 4.78 is 0. The second-order valence-electron chi connectivity index (χ2n) is 5.99. The van der Waals surface area contributed by atoms with E-state index in [2.05, 4.69) is 15.3 Å². The van der Waals surface area contributed by atoms with Crippen LogP contribution in [-0.2, 0) is 16.0 Å². The van der Waals surface area contributed by atoms with E-state index in [-0.39, 0.29) is 23.4 Å². The number of carbonyl (C=O) groups excluding carboxylic acids is 2. The highest BCUT2D eigenvalue weighted by Gasteiger charge is 2.33. The van der Waals surface area contributed by atoms with Crippen LogP contribution in [-0.4, -0.2) is 34.6 Å². The minimum absolute atomic E-state index is 0.195. The summed E-state index contributed by atoms with van der Waals surface area (Å²) in [7, 11) is 0. The summed E-state index contributed by atoms with van der Waals surface area (Å²) in [6.45, 7) is 3.87. The molecule has 5 nitrogen and oxygen atoms in total. The lowest BCUT2D eigenvalue weighted by molar-refractivity contribution is -0.140. The van der Waals surface area contributed by atoms with Crippen LogP contribution in [0, 0.1) is 11.8 Å². The van der Waals surface area contributed by atoms with Gasteiger partial charge in [0, 0.05) is 30.7 Å². The molecule has 0 aliphatic carbocycles. The van der Waals surface area contributed by atoms with Crippen LogP contribution >= 0.6 is 0 Å². The Balaban J connectivity index is 2.09. The van der Waals surface area contributed by atoms with Crippen LogP contribution in [0.25, 0.3) is 0 Å². The van der Waals surface area contributed by atoms with Crippen molar-refractivity contribution in [1.82, 2.24) is 15.3 Å². The molecular weight excluding hydrogens is 278 g/mol. The van der Waals surface area contributed by atoms with Gasteiger partial charge >= 0.3 is 0 Å². The van der Waals surface area contributed by atoms with Crippen molar-refractivity contribution in [2.75, 3.05) is 13.1 Å². The molecule has 22 heavy (non-hydrogen) atoms. The summed E-state index contributed by atoms with van der Waals surface area (Å²) in [5, 5.41) is 3.31. The maximum atomic E-state index is 12.6. The minimum Gasteiger partial charge on any atom is -0.317 e. The highest BCUT2D eigenvalue weighted by molar-refractivity contribution is 6.38. The number of nitrogens with one attached hydrogen (secondary N) is 1. The van der Waals surface area contributed by atoms with Crippen LogP contribution in [0.15, 0.2) is 18.6 Å². The zero-order chi connectivity index (χ0) is 15.8. The van der Waals surface area contributed by atoms with E-state index in [0.29, 0.717) is 12.8 Å². The Bertz CT molecular complexity index is 484. The molecule has 1 saturated heterocycles. The first kappa shape index (κ1) is 16.7. The largest absolute Gasteiger partial charge is 0.317 e. The molecule has 1 atom stereocenters. The van der Waals surface area contributed by atoms with Gasteiger partial charge in [0.2, 0.25) is 5.78 Å². The van der Waals surface area contributed by atoms with Crippen molar-refractivity contribution in [3.05, 3.63) is 24.3 Å². The van der Waals surface area contributed by atoms with E-state index in [1.54, 1.807) is 6.20 Å². The fourth-order valence-corrected chi connectivity index (χ4v) is 3.05. The third-order valence-corrected chi connectivity index (χ3v) is 4.39. The topological polar surface area (TPSA) is 72.0 Å². The second kappa shape index (κ2) is 8.73. The van der Waals surface area contributed by atoms with Gasteiger partial charge in [-0.05, 0) is 44.3 Å². The molecule has 1 N–H and O–H groups in total. The Kier molecular flexibility index (Phi) is 6.65. The van der Waals surface area contributed by atoms with E-state index in [1.807, 2.05) is 13.0 Å². The molecule has 0 aromatic carbocycles. The van der Waals surface area contributed by atoms with E-state index in [9.17, 15) is 9.59 Å². The van der Waals surface area contributed by atoms with Gasteiger partial charge in [-0.1, -0.05) is 13.3 Å². The van der Waals surface area contributed by atoms with E-state index in [4.69, 9.17) is 0 Å². The predicted molar refractivity (Wildman–Crippen MR) is 84.4 cm³/mol. The van der Waals surface area contributed by atoms with Crippen molar-refractivity contribution in [2.45, 2.75) is 45.4 Å². The van der Waals surface area contributed by atoms with Crippen LogP contribution in [0.1, 0.15) is 44.7 Å². The average molecular weight is 303 g/mol. The normalized spacial score (nSPS) is 17.1. The van der Waals surface area contributed by atoms with Gasteiger partial charge in [0.05, 0.1) is 0 Å². The van der Waals surface area contributed by atoms with Crippen LogP contribution in [0.3, 0.4) is 0 Å². The molecule has 1 unspecified atom stereocenters. The van der Waals surface area contributed by atoms with E-state index in [0.717, 1.165) is 44.5 Å². The molecule has 1 aromatic rings. The van der Waals surface area contributed by atoms with Gasteiger partial charge in [-0.3, -0.25) is 9.59 Å². The zero-order valence-corrected chi connectivity index (χ0v) is 13.3. The SMILES string of the molecule is CCCCC(=O)C(=O)C(Cc1ccncn1)C1CCNCC1. The lowest BCUT2D eigenvalue weighted by atomic mass is 9.78. The van der Waals surface area contributed by atoms with Crippen LogP contribution < -0.4 is 5.32 Å². The number of hydrogen-bond acceptors (Lipinski definition) is 5. The number of hydrogen-bond donors (Lipinski definition) is 1. The second-order valence-corrected chi connectivity index (χ2v) is 5.99. The smallest absolute Gasteiger partial charge is 0.202 e. The van der Waals surface area contributed by atoms with Crippen molar-refractivity contribution in [1.29, 1.82) is 0 Å². The number of unbranched alkanes of at least 4 members (excludes halogenated alkanes) is 1. The van der Waals surface area contributed by atoms with E-state index < -0.39 is 0 Å². The van der Waals surface area contributed by atoms with Crippen LogP contribution in [0.5, 0.6) is 0 Å². The molecule has 1 aromatic heterocycles. The highest BCUT2D eigenvalue weighted by atomic mass is 16.2. The van der Waals surface area contributed by atoms with E-state index >= 15 is 0 Å². The monoisotopic (exact) mass is 303 g/mol. The van der Waals surface area contributed by atoms with Gasteiger partial charge in [0.1, 0.15) is 6.33 Å². The Morgan fingerprint density at radius 2 is 2.14 bits per heavy atom. The zero-order valence-electron chi connectivity index (χ0n) is 13.3. The van der Waals surface area contributed by atoms with Crippen molar-refractivity contribution >= 4 is 11.6 Å². The number of aromatic nitrogens is 2. The molecule has 0 spiro atoms. The van der Waals surface area contributed by atoms with Crippen LogP contribution in [0.2, 0.25) is 0 Å². The summed E-state index contributed by atoms with van der Waals surface area (Å²) in [4.78, 5) is 33.0. The average Bonchev–Trinajstić information content (AvgIpc) is 2.58.